The van der Waals surface area contributed by atoms with E-state index < -0.39 is 5.60 Å². The lowest BCUT2D eigenvalue weighted by Gasteiger charge is -2.46. The van der Waals surface area contributed by atoms with Crippen LogP contribution in [0.1, 0.15) is 64.3 Å². The molecule has 2 aliphatic rings. The SMILES string of the molecule is CC[C@@H]1CC[C@H]2c3c(c4ccccc4n3C(=O)OC(C)(C)C)C[C@@H](/C=N/O)N2C1. The van der Waals surface area contributed by atoms with Crippen LogP contribution in [0, 0.1) is 5.92 Å². The maximum atomic E-state index is 13.3. The zero-order valence-corrected chi connectivity index (χ0v) is 17.8. The lowest BCUT2D eigenvalue weighted by molar-refractivity contribution is 0.0474. The highest BCUT2D eigenvalue weighted by atomic mass is 16.6. The van der Waals surface area contributed by atoms with E-state index in [1.54, 1.807) is 10.8 Å². The molecule has 0 amide bonds. The number of hydrogen-bond acceptors (Lipinski definition) is 5. The molecule has 1 aromatic heterocycles. The highest BCUT2D eigenvalue weighted by molar-refractivity contribution is 5.94. The topological polar surface area (TPSA) is 67.1 Å². The van der Waals surface area contributed by atoms with Crippen LogP contribution in [-0.2, 0) is 11.2 Å². The van der Waals surface area contributed by atoms with E-state index in [9.17, 15) is 10.0 Å². The van der Waals surface area contributed by atoms with Gasteiger partial charge in [-0.1, -0.05) is 31.5 Å². The lowest BCUT2D eigenvalue weighted by atomic mass is 9.82. The number of carbonyl (C=O) groups is 1. The van der Waals surface area contributed by atoms with Crippen LogP contribution < -0.4 is 0 Å². The number of rotatable bonds is 2. The van der Waals surface area contributed by atoms with Crippen LogP contribution in [0.2, 0.25) is 0 Å². The minimum atomic E-state index is -0.560. The van der Waals surface area contributed by atoms with Crippen molar-refractivity contribution in [3.8, 4) is 0 Å². The van der Waals surface area contributed by atoms with Crippen LogP contribution in [-0.4, -0.2) is 45.2 Å². The molecule has 2 aromatic rings. The predicted octanol–water partition coefficient (Wildman–Crippen LogP) is 4.97. The molecule has 3 atom stereocenters. The molecule has 2 aliphatic heterocycles. The highest BCUT2D eigenvalue weighted by Gasteiger charge is 2.42. The fraction of sp³-hybridized carbons (Fsp3) is 0.565. The number of fused-ring (bicyclic) bond motifs is 5. The first kappa shape index (κ1) is 20.0. The monoisotopic (exact) mass is 397 g/mol. The standard InChI is InChI=1S/C23H31N3O3/c1-5-15-10-11-20-21-18(12-16(13-24-28)25(20)14-15)17-8-6-7-9-19(17)26(21)22(27)29-23(2,3)4/h6-9,13,15-16,20,28H,5,10-12,14H2,1-4H3/b24-13+/t15-,16+,20+/m1/s1. The number of hydrogen-bond donors (Lipinski definition) is 1. The molecule has 0 spiro atoms. The van der Waals surface area contributed by atoms with E-state index in [1.165, 1.54) is 5.56 Å². The summed E-state index contributed by atoms with van der Waals surface area (Å²) < 4.78 is 7.59. The zero-order chi connectivity index (χ0) is 20.8. The zero-order valence-electron chi connectivity index (χ0n) is 17.8. The molecule has 1 aromatic carbocycles. The Morgan fingerprint density at radius 1 is 1.31 bits per heavy atom. The number of piperidine rings is 1. The molecule has 156 valence electrons. The van der Waals surface area contributed by atoms with Gasteiger partial charge in [0.25, 0.3) is 0 Å². The van der Waals surface area contributed by atoms with Gasteiger partial charge in [-0.3, -0.25) is 4.90 Å². The molecule has 0 radical (unpaired) electrons. The largest absolute Gasteiger partial charge is 0.443 e. The van der Waals surface area contributed by atoms with Gasteiger partial charge in [0.2, 0.25) is 0 Å². The van der Waals surface area contributed by atoms with Gasteiger partial charge in [-0.15, -0.1) is 5.16 Å². The van der Waals surface area contributed by atoms with Crippen molar-refractivity contribution >= 4 is 23.2 Å². The minimum absolute atomic E-state index is 0.0322. The van der Waals surface area contributed by atoms with E-state index in [0.29, 0.717) is 5.92 Å². The van der Waals surface area contributed by atoms with Crippen LogP contribution in [0.25, 0.3) is 10.9 Å². The molecular formula is C23H31N3O3. The summed E-state index contributed by atoms with van der Waals surface area (Å²) in [5.74, 6) is 0.627. The molecule has 1 fully saturated rings. The first-order valence-corrected chi connectivity index (χ1v) is 10.6. The second-order valence-electron chi connectivity index (χ2n) is 9.30. The summed E-state index contributed by atoms with van der Waals surface area (Å²) in [4.78, 5) is 15.7. The Hall–Kier alpha value is -2.34. The molecule has 0 unspecified atom stereocenters. The summed E-state index contributed by atoms with van der Waals surface area (Å²) in [5.41, 5.74) is 2.56. The average molecular weight is 398 g/mol. The van der Waals surface area contributed by atoms with E-state index in [2.05, 4.69) is 23.0 Å². The third-order valence-corrected chi connectivity index (χ3v) is 6.28. The number of para-hydroxylation sites is 1. The fourth-order valence-electron chi connectivity index (χ4n) is 5.01. The highest BCUT2D eigenvalue weighted by Crippen LogP contribution is 2.45. The molecule has 0 saturated carbocycles. The molecule has 3 heterocycles. The Morgan fingerprint density at radius 3 is 2.76 bits per heavy atom. The van der Waals surface area contributed by atoms with Crippen molar-refractivity contribution in [3.05, 3.63) is 35.5 Å². The Kier molecular flexibility index (Phi) is 5.15. The number of ether oxygens (including phenoxy) is 1. The third kappa shape index (κ3) is 3.54. The molecule has 4 rings (SSSR count). The number of benzene rings is 1. The van der Waals surface area contributed by atoms with Crippen LogP contribution in [0.5, 0.6) is 0 Å². The third-order valence-electron chi connectivity index (χ3n) is 6.28. The number of carbonyl (C=O) groups excluding carboxylic acids is 1. The second kappa shape index (κ2) is 7.48. The first-order valence-electron chi connectivity index (χ1n) is 10.6. The van der Waals surface area contributed by atoms with E-state index in [1.807, 2.05) is 39.0 Å². The van der Waals surface area contributed by atoms with E-state index in [4.69, 9.17) is 4.74 Å². The van der Waals surface area contributed by atoms with Gasteiger partial charge in [-0.05, 0) is 57.6 Å². The van der Waals surface area contributed by atoms with Crippen molar-refractivity contribution < 1.29 is 14.7 Å². The normalized spacial score (nSPS) is 25.2. The first-order chi connectivity index (χ1) is 13.8. The fourth-order valence-corrected chi connectivity index (χ4v) is 5.01. The van der Waals surface area contributed by atoms with Gasteiger partial charge in [-0.25, -0.2) is 9.36 Å². The van der Waals surface area contributed by atoms with E-state index in [0.717, 1.165) is 48.8 Å². The van der Waals surface area contributed by atoms with E-state index in [-0.39, 0.29) is 18.2 Å². The van der Waals surface area contributed by atoms with Gasteiger partial charge < -0.3 is 9.94 Å². The molecule has 0 aliphatic carbocycles. The molecule has 29 heavy (non-hydrogen) atoms. The molecular weight excluding hydrogens is 366 g/mol. The Balaban J connectivity index is 1.89. The van der Waals surface area contributed by atoms with Crippen molar-refractivity contribution in [3.63, 3.8) is 0 Å². The van der Waals surface area contributed by atoms with Crippen LogP contribution in [0.3, 0.4) is 0 Å². The number of nitrogens with zero attached hydrogens (tertiary/aromatic N) is 3. The van der Waals surface area contributed by atoms with Gasteiger partial charge in [0.05, 0.1) is 29.5 Å². The summed E-state index contributed by atoms with van der Waals surface area (Å²) >= 11 is 0. The van der Waals surface area contributed by atoms with Crippen molar-refractivity contribution in [1.82, 2.24) is 9.47 Å². The quantitative estimate of drug-likeness (QED) is 0.441. The molecule has 6 heteroatoms. The Bertz CT molecular complexity index is 941. The van der Waals surface area contributed by atoms with Crippen molar-refractivity contribution in [2.24, 2.45) is 11.1 Å². The van der Waals surface area contributed by atoms with Crippen molar-refractivity contribution in [1.29, 1.82) is 0 Å². The molecule has 1 N–H and O–H groups in total. The van der Waals surface area contributed by atoms with Gasteiger partial charge in [0, 0.05) is 11.9 Å². The van der Waals surface area contributed by atoms with Gasteiger partial charge in [0.15, 0.2) is 0 Å². The summed E-state index contributed by atoms with van der Waals surface area (Å²) in [7, 11) is 0. The van der Waals surface area contributed by atoms with Crippen LogP contribution in [0.4, 0.5) is 4.79 Å². The maximum absolute atomic E-state index is 13.3. The van der Waals surface area contributed by atoms with Crippen molar-refractivity contribution in [2.75, 3.05) is 6.54 Å². The maximum Gasteiger partial charge on any atom is 0.419 e. The van der Waals surface area contributed by atoms with Gasteiger partial charge in [0.1, 0.15) is 5.60 Å². The average Bonchev–Trinajstić information content (AvgIpc) is 3.01. The van der Waals surface area contributed by atoms with Crippen LogP contribution in [0.15, 0.2) is 29.4 Å². The predicted molar refractivity (Wildman–Crippen MR) is 114 cm³/mol. The van der Waals surface area contributed by atoms with E-state index >= 15 is 0 Å². The van der Waals surface area contributed by atoms with Gasteiger partial charge in [-0.2, -0.15) is 0 Å². The summed E-state index contributed by atoms with van der Waals surface area (Å²) in [6.45, 7) is 8.88. The summed E-state index contributed by atoms with van der Waals surface area (Å²) in [5, 5.41) is 13.7. The Labute approximate surface area is 172 Å². The number of oxime groups is 1. The lowest BCUT2D eigenvalue weighted by Crippen LogP contribution is -2.50. The van der Waals surface area contributed by atoms with Crippen LogP contribution >= 0.6 is 0 Å². The second-order valence-corrected chi connectivity index (χ2v) is 9.30. The molecule has 1 saturated heterocycles. The number of aromatic nitrogens is 1. The summed E-state index contributed by atoms with van der Waals surface area (Å²) in [6, 6.07) is 8.20. The molecule has 0 bridgehead atoms. The smallest absolute Gasteiger partial charge is 0.419 e. The van der Waals surface area contributed by atoms with Gasteiger partial charge >= 0.3 is 6.09 Å². The Morgan fingerprint density at radius 2 is 2.07 bits per heavy atom. The summed E-state index contributed by atoms with van der Waals surface area (Å²) in [6.07, 6.45) is 5.31. The molecule has 6 nitrogen and oxygen atoms in total. The minimum Gasteiger partial charge on any atom is -0.443 e. The van der Waals surface area contributed by atoms with Crippen molar-refractivity contribution in [2.45, 2.75) is 71.1 Å².